The van der Waals surface area contributed by atoms with Gasteiger partial charge in [-0.25, -0.2) is 4.99 Å². The van der Waals surface area contributed by atoms with Gasteiger partial charge in [0.05, 0.1) is 6.54 Å². The number of nitrogens with one attached hydrogen (secondary N) is 3. The molecule has 1 unspecified atom stereocenters. The maximum atomic E-state index is 12.0. The number of aliphatic imine (C=N–C) groups is 1. The molecule has 0 aliphatic heterocycles. The predicted molar refractivity (Wildman–Crippen MR) is 111 cm³/mol. The summed E-state index contributed by atoms with van der Waals surface area (Å²) < 4.78 is 0. The SMILES string of the molecule is CCNC(=NCC(=O)NCCc1ccccc1)NCC(C)(O)c1cccs1. The Morgan fingerprint density at radius 3 is 2.59 bits per heavy atom. The Kier molecular flexibility index (Phi) is 8.29. The van der Waals surface area contributed by atoms with Gasteiger partial charge in [0, 0.05) is 18.0 Å². The average Bonchev–Trinajstić information content (AvgIpc) is 3.21. The summed E-state index contributed by atoms with van der Waals surface area (Å²) in [5.74, 6) is 0.376. The van der Waals surface area contributed by atoms with Crippen molar-refractivity contribution in [2.24, 2.45) is 4.99 Å². The maximum absolute atomic E-state index is 12.0. The first-order valence-electron chi connectivity index (χ1n) is 9.10. The Labute approximate surface area is 164 Å². The first-order chi connectivity index (χ1) is 13.0. The third-order valence-corrected chi connectivity index (χ3v) is 5.08. The molecule has 0 aliphatic carbocycles. The molecule has 0 saturated heterocycles. The second-order valence-electron chi connectivity index (χ2n) is 6.39. The molecule has 2 aromatic rings. The van der Waals surface area contributed by atoms with Crippen molar-refractivity contribution in [3.05, 3.63) is 58.3 Å². The fourth-order valence-corrected chi connectivity index (χ4v) is 3.25. The zero-order valence-electron chi connectivity index (χ0n) is 15.9. The predicted octanol–water partition coefficient (Wildman–Crippen LogP) is 1.87. The van der Waals surface area contributed by atoms with E-state index >= 15 is 0 Å². The Balaban J connectivity index is 1.79. The van der Waals surface area contributed by atoms with Gasteiger partial charge >= 0.3 is 0 Å². The highest BCUT2D eigenvalue weighted by Gasteiger charge is 2.24. The standard InChI is InChI=1S/C20H28N4O2S/c1-3-21-19(24-15-20(2,26)17-10-7-13-27-17)23-14-18(25)22-12-11-16-8-5-4-6-9-16/h4-10,13,26H,3,11-12,14-15H2,1-2H3,(H,22,25)(H2,21,23,24). The number of rotatable bonds is 9. The van der Waals surface area contributed by atoms with Gasteiger partial charge in [-0.2, -0.15) is 0 Å². The molecule has 0 saturated carbocycles. The lowest BCUT2D eigenvalue weighted by Gasteiger charge is -2.23. The van der Waals surface area contributed by atoms with Crippen LogP contribution in [-0.2, 0) is 16.8 Å². The van der Waals surface area contributed by atoms with Crippen LogP contribution < -0.4 is 16.0 Å². The number of carbonyl (C=O) groups excluding carboxylic acids is 1. The molecule has 1 aromatic heterocycles. The van der Waals surface area contributed by atoms with Gasteiger partial charge in [0.1, 0.15) is 12.1 Å². The Morgan fingerprint density at radius 2 is 1.93 bits per heavy atom. The van der Waals surface area contributed by atoms with E-state index in [9.17, 15) is 9.90 Å². The van der Waals surface area contributed by atoms with Crippen LogP contribution in [-0.4, -0.2) is 43.2 Å². The number of hydrogen-bond acceptors (Lipinski definition) is 4. The molecule has 0 bridgehead atoms. The fourth-order valence-electron chi connectivity index (χ4n) is 2.47. The summed E-state index contributed by atoms with van der Waals surface area (Å²) in [4.78, 5) is 17.2. The first-order valence-corrected chi connectivity index (χ1v) is 9.98. The minimum Gasteiger partial charge on any atom is -0.383 e. The van der Waals surface area contributed by atoms with Crippen LogP contribution in [0.25, 0.3) is 0 Å². The van der Waals surface area contributed by atoms with Crippen molar-refractivity contribution in [3.63, 3.8) is 0 Å². The van der Waals surface area contributed by atoms with Crippen LogP contribution in [0.5, 0.6) is 0 Å². The highest BCUT2D eigenvalue weighted by Crippen LogP contribution is 2.24. The van der Waals surface area contributed by atoms with Crippen LogP contribution in [0.15, 0.2) is 52.8 Å². The van der Waals surface area contributed by atoms with Gasteiger partial charge in [0.25, 0.3) is 0 Å². The van der Waals surface area contributed by atoms with Crippen molar-refractivity contribution in [1.29, 1.82) is 0 Å². The number of thiophene rings is 1. The smallest absolute Gasteiger partial charge is 0.241 e. The summed E-state index contributed by atoms with van der Waals surface area (Å²) in [6.45, 7) is 5.29. The van der Waals surface area contributed by atoms with E-state index in [2.05, 4.69) is 20.9 Å². The van der Waals surface area contributed by atoms with Crippen molar-refractivity contribution < 1.29 is 9.90 Å². The molecular formula is C20H28N4O2S. The summed E-state index contributed by atoms with van der Waals surface area (Å²) in [5.41, 5.74) is 0.189. The molecule has 1 atom stereocenters. The summed E-state index contributed by atoms with van der Waals surface area (Å²) in [7, 11) is 0. The van der Waals surface area contributed by atoms with E-state index in [1.165, 1.54) is 16.9 Å². The molecule has 7 heteroatoms. The zero-order valence-corrected chi connectivity index (χ0v) is 16.7. The molecule has 4 N–H and O–H groups in total. The van der Waals surface area contributed by atoms with E-state index in [1.54, 1.807) is 6.92 Å². The molecule has 27 heavy (non-hydrogen) atoms. The molecule has 0 aliphatic rings. The van der Waals surface area contributed by atoms with Crippen LogP contribution in [0, 0.1) is 0 Å². The van der Waals surface area contributed by atoms with Crippen LogP contribution in [0.3, 0.4) is 0 Å². The first kappa shape index (κ1) is 20.9. The molecule has 1 amide bonds. The number of hydrogen-bond donors (Lipinski definition) is 4. The minimum atomic E-state index is -0.998. The second-order valence-corrected chi connectivity index (χ2v) is 7.33. The number of aliphatic hydroxyl groups is 1. The lowest BCUT2D eigenvalue weighted by molar-refractivity contribution is -0.119. The number of nitrogens with zero attached hydrogens (tertiary/aromatic N) is 1. The van der Waals surface area contributed by atoms with Crippen molar-refractivity contribution >= 4 is 23.2 Å². The van der Waals surface area contributed by atoms with Crippen molar-refractivity contribution in [2.45, 2.75) is 25.9 Å². The highest BCUT2D eigenvalue weighted by molar-refractivity contribution is 7.10. The van der Waals surface area contributed by atoms with Crippen LogP contribution in [0.2, 0.25) is 0 Å². The monoisotopic (exact) mass is 388 g/mol. The van der Waals surface area contributed by atoms with Gasteiger partial charge in [-0.1, -0.05) is 36.4 Å². The number of amides is 1. The topological polar surface area (TPSA) is 85.8 Å². The van der Waals surface area contributed by atoms with Gasteiger partial charge in [-0.15, -0.1) is 11.3 Å². The quantitative estimate of drug-likeness (QED) is 0.390. The van der Waals surface area contributed by atoms with E-state index in [0.717, 1.165) is 11.3 Å². The van der Waals surface area contributed by atoms with Gasteiger partial charge in [-0.3, -0.25) is 4.79 Å². The van der Waals surface area contributed by atoms with E-state index in [-0.39, 0.29) is 12.5 Å². The summed E-state index contributed by atoms with van der Waals surface area (Å²) >= 11 is 1.51. The Morgan fingerprint density at radius 1 is 1.15 bits per heavy atom. The van der Waals surface area contributed by atoms with Crippen LogP contribution >= 0.6 is 11.3 Å². The van der Waals surface area contributed by atoms with Crippen LogP contribution in [0.4, 0.5) is 0 Å². The van der Waals surface area contributed by atoms with Crippen molar-refractivity contribution in [1.82, 2.24) is 16.0 Å². The molecule has 6 nitrogen and oxygen atoms in total. The van der Waals surface area contributed by atoms with Crippen molar-refractivity contribution in [2.75, 3.05) is 26.2 Å². The largest absolute Gasteiger partial charge is 0.383 e. The summed E-state index contributed by atoms with van der Waals surface area (Å²) in [6.07, 6.45) is 0.790. The molecule has 1 aromatic carbocycles. The molecular weight excluding hydrogens is 360 g/mol. The Hall–Kier alpha value is -2.38. The second kappa shape index (κ2) is 10.7. The maximum Gasteiger partial charge on any atom is 0.241 e. The summed E-state index contributed by atoms with van der Waals surface area (Å²) in [5, 5.41) is 21.6. The molecule has 0 radical (unpaired) electrons. The third-order valence-electron chi connectivity index (χ3n) is 3.96. The highest BCUT2D eigenvalue weighted by atomic mass is 32.1. The van der Waals surface area contributed by atoms with E-state index in [4.69, 9.17) is 0 Å². The van der Waals surface area contributed by atoms with E-state index < -0.39 is 5.60 Å². The van der Waals surface area contributed by atoms with Gasteiger partial charge in [-0.05, 0) is 37.3 Å². The summed E-state index contributed by atoms with van der Waals surface area (Å²) in [6, 6.07) is 13.8. The number of carbonyl (C=O) groups is 1. The van der Waals surface area contributed by atoms with E-state index in [0.29, 0.717) is 25.6 Å². The fraction of sp³-hybridized carbons (Fsp3) is 0.400. The Bertz CT molecular complexity index is 715. The molecule has 146 valence electrons. The number of benzene rings is 1. The lowest BCUT2D eigenvalue weighted by atomic mass is 10.1. The van der Waals surface area contributed by atoms with Gasteiger partial charge in [0.2, 0.25) is 5.91 Å². The van der Waals surface area contributed by atoms with Crippen molar-refractivity contribution in [3.8, 4) is 0 Å². The third kappa shape index (κ3) is 7.40. The molecule has 0 spiro atoms. The zero-order chi connectivity index (χ0) is 19.5. The number of guanidine groups is 1. The molecule has 2 rings (SSSR count). The van der Waals surface area contributed by atoms with Crippen LogP contribution in [0.1, 0.15) is 24.3 Å². The van der Waals surface area contributed by atoms with Gasteiger partial charge in [0.15, 0.2) is 5.96 Å². The van der Waals surface area contributed by atoms with Gasteiger partial charge < -0.3 is 21.1 Å². The minimum absolute atomic E-state index is 0.0330. The molecule has 0 fully saturated rings. The lowest BCUT2D eigenvalue weighted by Crippen LogP contribution is -2.44. The average molecular weight is 389 g/mol. The normalized spacial score (nSPS) is 13.7. The molecule has 1 heterocycles. The van der Waals surface area contributed by atoms with E-state index in [1.807, 2.05) is 54.8 Å².